The molecule has 2 aromatic carbocycles. The second kappa shape index (κ2) is 6.78. The zero-order valence-corrected chi connectivity index (χ0v) is 13.4. The molecule has 21 heavy (non-hydrogen) atoms. The highest BCUT2D eigenvalue weighted by molar-refractivity contribution is 9.10. The lowest BCUT2D eigenvalue weighted by atomic mass is 10.2. The molecule has 0 heterocycles. The third-order valence-electron chi connectivity index (χ3n) is 2.87. The van der Waals surface area contributed by atoms with Gasteiger partial charge in [-0.2, -0.15) is 0 Å². The Labute approximate surface area is 135 Å². The van der Waals surface area contributed by atoms with Crippen LogP contribution in [0.4, 0.5) is 11.4 Å². The van der Waals surface area contributed by atoms with E-state index < -0.39 is 4.92 Å². The molecule has 110 valence electrons. The van der Waals surface area contributed by atoms with E-state index >= 15 is 0 Å². The Kier molecular flexibility index (Phi) is 5.03. The largest absolute Gasteiger partial charge is 0.490 e. The number of nitrogens with one attached hydrogen (secondary N) is 1. The number of hydrogen-bond donors (Lipinski definition) is 1. The first-order chi connectivity index (χ1) is 10.0. The molecule has 2 rings (SSSR count). The van der Waals surface area contributed by atoms with E-state index in [0.717, 1.165) is 15.7 Å². The minimum atomic E-state index is -0.461. The molecule has 0 aliphatic rings. The number of rotatable bonds is 5. The Balaban J connectivity index is 2.19. The molecule has 0 unspecified atom stereocenters. The maximum Gasteiger partial charge on any atom is 0.311 e. The van der Waals surface area contributed by atoms with Gasteiger partial charge in [-0.05, 0) is 39.7 Å². The van der Waals surface area contributed by atoms with E-state index in [2.05, 4.69) is 21.2 Å². The molecule has 0 saturated carbocycles. The molecule has 0 radical (unpaired) electrons. The number of hydrogen-bond acceptors (Lipinski definition) is 4. The average molecular weight is 372 g/mol. The third kappa shape index (κ3) is 3.65. The van der Waals surface area contributed by atoms with Gasteiger partial charge in [-0.3, -0.25) is 10.1 Å². The maximum absolute atomic E-state index is 11.0. The fourth-order valence-electron chi connectivity index (χ4n) is 1.83. The van der Waals surface area contributed by atoms with E-state index in [0.29, 0.717) is 11.6 Å². The quantitative estimate of drug-likeness (QED) is 0.614. The van der Waals surface area contributed by atoms with E-state index in [1.165, 1.54) is 13.2 Å². The first-order valence-electron chi connectivity index (χ1n) is 6.02. The van der Waals surface area contributed by atoms with Gasteiger partial charge < -0.3 is 10.1 Å². The van der Waals surface area contributed by atoms with Gasteiger partial charge in [0.2, 0.25) is 0 Å². The van der Waals surface area contributed by atoms with Gasteiger partial charge in [-0.15, -0.1) is 0 Å². The van der Waals surface area contributed by atoms with Crippen molar-refractivity contribution < 1.29 is 9.66 Å². The molecular formula is C14H12BrClN2O3. The molecule has 0 spiro atoms. The van der Waals surface area contributed by atoms with Gasteiger partial charge in [0.1, 0.15) is 0 Å². The topological polar surface area (TPSA) is 64.4 Å². The lowest BCUT2D eigenvalue weighted by molar-refractivity contribution is -0.385. The van der Waals surface area contributed by atoms with E-state index in [1.807, 2.05) is 12.1 Å². The highest BCUT2D eigenvalue weighted by Gasteiger charge is 2.15. The van der Waals surface area contributed by atoms with Crippen molar-refractivity contribution in [2.75, 3.05) is 12.4 Å². The van der Waals surface area contributed by atoms with Crippen LogP contribution in [0.2, 0.25) is 5.02 Å². The van der Waals surface area contributed by atoms with Gasteiger partial charge in [0, 0.05) is 12.6 Å². The number of ether oxygens (including phenoxy) is 1. The van der Waals surface area contributed by atoms with Gasteiger partial charge >= 0.3 is 5.69 Å². The Morgan fingerprint density at radius 2 is 2.14 bits per heavy atom. The monoisotopic (exact) mass is 370 g/mol. The fraction of sp³-hybridized carbons (Fsp3) is 0.143. The fourth-order valence-corrected chi connectivity index (χ4v) is 2.40. The molecule has 0 bridgehead atoms. The molecular weight excluding hydrogens is 360 g/mol. The van der Waals surface area contributed by atoms with E-state index in [9.17, 15) is 10.1 Å². The average Bonchev–Trinajstić information content (AvgIpc) is 2.48. The maximum atomic E-state index is 11.0. The van der Waals surface area contributed by atoms with Crippen LogP contribution in [0.1, 0.15) is 5.56 Å². The SMILES string of the molecule is COc1ccc(CNc2cccc(Cl)c2Br)cc1[N+](=O)[O-]. The molecule has 1 N–H and O–H groups in total. The summed E-state index contributed by atoms with van der Waals surface area (Å²) < 4.78 is 5.73. The predicted molar refractivity (Wildman–Crippen MR) is 86.1 cm³/mol. The first kappa shape index (κ1) is 15.6. The molecule has 0 aliphatic carbocycles. The van der Waals surface area contributed by atoms with Crippen molar-refractivity contribution in [2.45, 2.75) is 6.54 Å². The molecule has 5 nitrogen and oxygen atoms in total. The second-order valence-electron chi connectivity index (χ2n) is 4.22. The molecule has 0 aliphatic heterocycles. The smallest absolute Gasteiger partial charge is 0.311 e. The van der Waals surface area contributed by atoms with Crippen LogP contribution < -0.4 is 10.1 Å². The van der Waals surface area contributed by atoms with Crippen molar-refractivity contribution >= 4 is 38.9 Å². The number of nitro groups is 1. The van der Waals surface area contributed by atoms with Crippen LogP contribution >= 0.6 is 27.5 Å². The number of nitrogens with zero attached hydrogens (tertiary/aromatic N) is 1. The summed E-state index contributed by atoms with van der Waals surface area (Å²) in [6.45, 7) is 0.434. The summed E-state index contributed by atoms with van der Waals surface area (Å²) in [7, 11) is 1.41. The van der Waals surface area contributed by atoms with Crippen LogP contribution in [-0.2, 0) is 6.54 Å². The summed E-state index contributed by atoms with van der Waals surface area (Å²) in [6.07, 6.45) is 0. The highest BCUT2D eigenvalue weighted by atomic mass is 79.9. The van der Waals surface area contributed by atoms with Gasteiger partial charge in [-0.1, -0.05) is 23.7 Å². The number of halogens is 2. The summed E-state index contributed by atoms with van der Waals surface area (Å²) in [5.41, 5.74) is 1.54. The predicted octanol–water partition coefficient (Wildman–Crippen LogP) is 4.63. The van der Waals surface area contributed by atoms with Gasteiger partial charge in [0.05, 0.1) is 27.2 Å². The van der Waals surface area contributed by atoms with Crippen molar-refractivity contribution in [1.82, 2.24) is 0 Å². The third-order valence-corrected chi connectivity index (χ3v) is 4.27. The number of anilines is 1. The van der Waals surface area contributed by atoms with Gasteiger partial charge in [0.15, 0.2) is 5.75 Å². The van der Waals surface area contributed by atoms with E-state index in [4.69, 9.17) is 16.3 Å². The van der Waals surface area contributed by atoms with Crippen LogP contribution in [0.5, 0.6) is 5.75 Å². The Bertz CT molecular complexity index is 679. The van der Waals surface area contributed by atoms with Crippen molar-refractivity contribution in [3.63, 3.8) is 0 Å². The van der Waals surface area contributed by atoms with Crippen molar-refractivity contribution in [2.24, 2.45) is 0 Å². The van der Waals surface area contributed by atoms with Crippen molar-refractivity contribution in [3.05, 3.63) is 61.6 Å². The second-order valence-corrected chi connectivity index (χ2v) is 5.42. The molecule has 0 saturated heterocycles. The summed E-state index contributed by atoms with van der Waals surface area (Å²) in [5.74, 6) is 0.243. The zero-order chi connectivity index (χ0) is 15.4. The van der Waals surface area contributed by atoms with E-state index in [1.54, 1.807) is 18.2 Å². The zero-order valence-electron chi connectivity index (χ0n) is 11.1. The summed E-state index contributed by atoms with van der Waals surface area (Å²) in [5, 5.41) is 14.8. The molecule has 2 aromatic rings. The Morgan fingerprint density at radius 3 is 2.81 bits per heavy atom. The summed E-state index contributed by atoms with van der Waals surface area (Å²) >= 11 is 9.40. The molecule has 7 heteroatoms. The lowest BCUT2D eigenvalue weighted by Crippen LogP contribution is -2.02. The minimum absolute atomic E-state index is 0.0537. The van der Waals surface area contributed by atoms with Gasteiger partial charge in [-0.25, -0.2) is 0 Å². The van der Waals surface area contributed by atoms with Crippen molar-refractivity contribution in [3.8, 4) is 5.75 Å². The standard InChI is InChI=1S/C14H12BrClN2O3/c1-21-13-6-5-9(7-12(13)18(19)20)8-17-11-4-2-3-10(16)14(11)15/h2-7,17H,8H2,1H3. The molecule has 0 aromatic heterocycles. The lowest BCUT2D eigenvalue weighted by Gasteiger charge is -2.10. The van der Waals surface area contributed by atoms with Crippen LogP contribution in [0.3, 0.4) is 0 Å². The molecule has 0 fully saturated rings. The summed E-state index contributed by atoms with van der Waals surface area (Å²) in [4.78, 5) is 10.5. The molecule has 0 amide bonds. The normalized spacial score (nSPS) is 10.2. The van der Waals surface area contributed by atoms with Crippen LogP contribution in [0, 0.1) is 10.1 Å². The summed E-state index contributed by atoms with van der Waals surface area (Å²) in [6, 6.07) is 10.3. The Morgan fingerprint density at radius 1 is 1.38 bits per heavy atom. The Hall–Kier alpha value is -1.79. The van der Waals surface area contributed by atoms with Crippen LogP contribution in [-0.4, -0.2) is 12.0 Å². The highest BCUT2D eigenvalue weighted by Crippen LogP contribution is 2.31. The molecule has 0 atom stereocenters. The van der Waals surface area contributed by atoms with Crippen LogP contribution in [0.25, 0.3) is 0 Å². The number of methoxy groups -OCH3 is 1. The number of nitro benzene ring substituents is 1. The first-order valence-corrected chi connectivity index (χ1v) is 7.19. The van der Waals surface area contributed by atoms with Crippen LogP contribution in [0.15, 0.2) is 40.9 Å². The van der Waals surface area contributed by atoms with Gasteiger partial charge in [0.25, 0.3) is 0 Å². The minimum Gasteiger partial charge on any atom is -0.490 e. The van der Waals surface area contributed by atoms with E-state index in [-0.39, 0.29) is 11.4 Å². The van der Waals surface area contributed by atoms with Crippen molar-refractivity contribution in [1.29, 1.82) is 0 Å². The number of benzene rings is 2.